The molecular formula is C18H20ClN3O3S. The molecule has 0 spiro atoms. The van der Waals surface area contributed by atoms with Gasteiger partial charge in [0, 0.05) is 17.1 Å². The predicted molar refractivity (Wildman–Crippen MR) is 99.6 cm³/mol. The van der Waals surface area contributed by atoms with Crippen LogP contribution in [0.5, 0.6) is 0 Å². The predicted octanol–water partition coefficient (Wildman–Crippen LogP) is 2.63. The highest BCUT2D eigenvalue weighted by atomic mass is 35.5. The molecular weight excluding hydrogens is 374 g/mol. The van der Waals surface area contributed by atoms with Crippen LogP contribution < -0.4 is 0 Å². The molecule has 1 aliphatic heterocycles. The van der Waals surface area contributed by atoms with Crippen molar-refractivity contribution in [1.82, 2.24) is 14.7 Å². The van der Waals surface area contributed by atoms with Crippen LogP contribution in [0.1, 0.15) is 35.3 Å². The fraction of sp³-hybridized carbons (Fsp3) is 0.444. The summed E-state index contributed by atoms with van der Waals surface area (Å²) in [4.78, 5) is 15.0. The number of sulfone groups is 1. The van der Waals surface area contributed by atoms with E-state index in [1.807, 2.05) is 19.1 Å². The van der Waals surface area contributed by atoms with E-state index in [0.717, 1.165) is 24.2 Å². The van der Waals surface area contributed by atoms with Crippen LogP contribution in [0.2, 0.25) is 5.02 Å². The van der Waals surface area contributed by atoms with Crippen molar-refractivity contribution in [3.63, 3.8) is 0 Å². The van der Waals surface area contributed by atoms with Crippen molar-refractivity contribution in [2.45, 2.75) is 38.3 Å². The summed E-state index contributed by atoms with van der Waals surface area (Å²) in [5.74, 6) is 0.103. The Labute approximate surface area is 157 Å². The van der Waals surface area contributed by atoms with Crippen LogP contribution in [0.25, 0.3) is 5.69 Å². The molecule has 0 N–H and O–H groups in total. The van der Waals surface area contributed by atoms with Gasteiger partial charge < -0.3 is 4.90 Å². The van der Waals surface area contributed by atoms with E-state index in [9.17, 15) is 13.2 Å². The summed E-state index contributed by atoms with van der Waals surface area (Å²) in [6, 6.07) is 7.20. The van der Waals surface area contributed by atoms with Crippen molar-refractivity contribution in [2.75, 3.05) is 11.5 Å². The standard InChI is InChI=1S/C18H20ClN3O3S/c1-12-17(10-20-22(12)15-4-2-3-13(19)9-15)18(23)21(14-5-6-14)16-7-8-26(24,25)11-16/h2-4,9-10,14,16H,5-8,11H2,1H3. The highest BCUT2D eigenvalue weighted by Crippen LogP contribution is 2.34. The van der Waals surface area contributed by atoms with Crippen LogP contribution in [0.15, 0.2) is 30.5 Å². The first-order valence-electron chi connectivity index (χ1n) is 8.69. The number of amides is 1. The minimum Gasteiger partial charge on any atom is -0.332 e. The molecule has 8 heteroatoms. The molecule has 1 atom stereocenters. The zero-order valence-corrected chi connectivity index (χ0v) is 16.0. The molecule has 6 nitrogen and oxygen atoms in total. The number of nitrogens with zero attached hydrogens (tertiary/aromatic N) is 3. The molecule has 1 amide bonds. The van der Waals surface area contributed by atoms with Gasteiger partial charge in [-0.25, -0.2) is 13.1 Å². The summed E-state index contributed by atoms with van der Waals surface area (Å²) in [6.07, 6.45) is 3.96. The Balaban J connectivity index is 1.65. The largest absolute Gasteiger partial charge is 0.332 e. The second-order valence-electron chi connectivity index (χ2n) is 7.04. The number of carbonyl (C=O) groups is 1. The Bertz CT molecular complexity index is 966. The Morgan fingerprint density at radius 2 is 2.04 bits per heavy atom. The van der Waals surface area contributed by atoms with Crippen molar-refractivity contribution in [3.05, 3.63) is 46.7 Å². The van der Waals surface area contributed by atoms with Gasteiger partial charge in [-0.05, 0) is 44.4 Å². The maximum Gasteiger partial charge on any atom is 0.257 e. The maximum absolute atomic E-state index is 13.2. The average Bonchev–Trinajstić information content (AvgIpc) is 3.24. The second-order valence-corrected chi connectivity index (χ2v) is 9.70. The Kier molecular flexibility index (Phi) is 4.31. The van der Waals surface area contributed by atoms with Gasteiger partial charge >= 0.3 is 0 Å². The third-order valence-electron chi connectivity index (χ3n) is 5.07. The number of hydrogen-bond acceptors (Lipinski definition) is 4. The summed E-state index contributed by atoms with van der Waals surface area (Å²) >= 11 is 6.06. The van der Waals surface area contributed by atoms with Crippen molar-refractivity contribution in [3.8, 4) is 5.69 Å². The summed E-state index contributed by atoms with van der Waals surface area (Å²) in [7, 11) is -3.04. The zero-order valence-electron chi connectivity index (χ0n) is 14.4. The molecule has 1 aromatic heterocycles. The smallest absolute Gasteiger partial charge is 0.257 e. The van der Waals surface area contributed by atoms with Gasteiger partial charge in [0.2, 0.25) is 0 Å². The van der Waals surface area contributed by atoms with E-state index in [1.165, 1.54) is 0 Å². The van der Waals surface area contributed by atoms with Gasteiger partial charge in [0.25, 0.3) is 5.91 Å². The van der Waals surface area contributed by atoms with E-state index < -0.39 is 9.84 Å². The first kappa shape index (κ1) is 17.5. The van der Waals surface area contributed by atoms with Crippen LogP contribution in [-0.4, -0.2) is 52.6 Å². The minimum absolute atomic E-state index is 0.0662. The van der Waals surface area contributed by atoms with Crippen molar-refractivity contribution >= 4 is 27.3 Å². The number of hydrogen-bond donors (Lipinski definition) is 0. The normalized spacial score (nSPS) is 21.7. The number of aromatic nitrogens is 2. The van der Waals surface area contributed by atoms with E-state index in [0.29, 0.717) is 17.0 Å². The Morgan fingerprint density at radius 1 is 1.27 bits per heavy atom. The van der Waals surface area contributed by atoms with Crippen LogP contribution in [0.3, 0.4) is 0 Å². The quantitative estimate of drug-likeness (QED) is 0.800. The van der Waals surface area contributed by atoms with Gasteiger partial charge in [0.1, 0.15) is 0 Å². The summed E-state index contributed by atoms with van der Waals surface area (Å²) in [6.45, 7) is 1.84. The summed E-state index contributed by atoms with van der Waals surface area (Å²) < 4.78 is 25.4. The molecule has 2 aromatic rings. The number of rotatable bonds is 4. The van der Waals surface area contributed by atoms with Crippen LogP contribution in [0, 0.1) is 6.92 Å². The molecule has 1 aromatic carbocycles. The third-order valence-corrected chi connectivity index (χ3v) is 7.05. The monoisotopic (exact) mass is 393 g/mol. The van der Waals surface area contributed by atoms with Crippen LogP contribution >= 0.6 is 11.6 Å². The van der Waals surface area contributed by atoms with Crippen LogP contribution in [-0.2, 0) is 9.84 Å². The third kappa shape index (κ3) is 3.25. The second kappa shape index (κ2) is 6.39. The van der Waals surface area contributed by atoms with Crippen molar-refractivity contribution < 1.29 is 13.2 Å². The van der Waals surface area contributed by atoms with Gasteiger partial charge in [-0.1, -0.05) is 17.7 Å². The highest BCUT2D eigenvalue weighted by molar-refractivity contribution is 7.91. The molecule has 2 aliphatic rings. The number of benzene rings is 1. The van der Waals surface area contributed by atoms with Gasteiger partial charge in [-0.3, -0.25) is 4.79 Å². The van der Waals surface area contributed by atoms with E-state index >= 15 is 0 Å². The Morgan fingerprint density at radius 3 is 2.65 bits per heavy atom. The molecule has 0 radical (unpaired) electrons. The Hall–Kier alpha value is -1.86. The molecule has 2 fully saturated rings. The zero-order chi connectivity index (χ0) is 18.5. The molecule has 1 saturated carbocycles. The molecule has 0 bridgehead atoms. The van der Waals surface area contributed by atoms with Gasteiger partial charge in [-0.15, -0.1) is 0 Å². The van der Waals surface area contributed by atoms with Crippen LogP contribution in [0.4, 0.5) is 0 Å². The summed E-state index contributed by atoms with van der Waals surface area (Å²) in [5, 5.41) is 4.96. The van der Waals surface area contributed by atoms with E-state index in [2.05, 4.69) is 5.10 Å². The fourth-order valence-corrected chi connectivity index (χ4v) is 5.50. The van der Waals surface area contributed by atoms with Gasteiger partial charge in [0.05, 0.1) is 34.6 Å². The van der Waals surface area contributed by atoms with Crippen molar-refractivity contribution in [1.29, 1.82) is 0 Å². The molecule has 1 unspecified atom stereocenters. The molecule has 2 heterocycles. The first-order valence-corrected chi connectivity index (χ1v) is 10.9. The molecule has 138 valence electrons. The lowest BCUT2D eigenvalue weighted by atomic mass is 10.1. The van der Waals surface area contributed by atoms with Gasteiger partial charge in [-0.2, -0.15) is 5.10 Å². The molecule has 1 saturated heterocycles. The topological polar surface area (TPSA) is 72.3 Å². The van der Waals surface area contributed by atoms with Gasteiger partial charge in [0.15, 0.2) is 9.84 Å². The minimum atomic E-state index is -3.04. The first-order chi connectivity index (χ1) is 12.4. The van der Waals surface area contributed by atoms with E-state index in [-0.39, 0.29) is 29.5 Å². The molecule has 4 rings (SSSR count). The molecule has 1 aliphatic carbocycles. The summed E-state index contributed by atoms with van der Waals surface area (Å²) in [5.41, 5.74) is 2.03. The van der Waals surface area contributed by atoms with E-state index in [4.69, 9.17) is 11.6 Å². The average molecular weight is 394 g/mol. The SMILES string of the molecule is Cc1c(C(=O)N(C2CC2)C2CCS(=O)(=O)C2)cnn1-c1cccc(Cl)c1. The lowest BCUT2D eigenvalue weighted by Gasteiger charge is -2.28. The maximum atomic E-state index is 13.2. The lowest BCUT2D eigenvalue weighted by Crippen LogP contribution is -2.42. The number of halogens is 1. The van der Waals surface area contributed by atoms with E-state index in [1.54, 1.807) is 27.9 Å². The fourth-order valence-electron chi connectivity index (χ4n) is 3.60. The highest BCUT2D eigenvalue weighted by Gasteiger charge is 2.43. The number of carbonyl (C=O) groups excluding carboxylic acids is 1. The van der Waals surface area contributed by atoms with Crippen molar-refractivity contribution in [2.24, 2.45) is 0 Å². The molecule has 26 heavy (non-hydrogen) atoms. The lowest BCUT2D eigenvalue weighted by molar-refractivity contribution is 0.0680.